The van der Waals surface area contributed by atoms with Crippen LogP contribution in [-0.2, 0) is 17.9 Å². The fraction of sp³-hybridized carbons (Fsp3) is 0.579. The fourth-order valence-corrected chi connectivity index (χ4v) is 3.41. The summed E-state index contributed by atoms with van der Waals surface area (Å²) in [6, 6.07) is 8.38. The number of benzene rings is 1. The van der Waals surface area contributed by atoms with Gasteiger partial charge in [0, 0.05) is 32.6 Å². The highest BCUT2D eigenvalue weighted by molar-refractivity contribution is 5.78. The lowest BCUT2D eigenvalue weighted by Crippen LogP contribution is -2.38. The minimum atomic E-state index is 0.272. The van der Waals surface area contributed by atoms with Crippen LogP contribution in [0.2, 0.25) is 0 Å². The number of likely N-dealkylation sites (tertiary alicyclic amines) is 2. The number of guanidine groups is 1. The summed E-state index contributed by atoms with van der Waals surface area (Å²) in [5.74, 6) is 0.942. The second kappa shape index (κ2) is 8.18. The molecule has 0 aliphatic carbocycles. The van der Waals surface area contributed by atoms with Crippen LogP contribution in [0.3, 0.4) is 0 Å². The molecule has 2 heterocycles. The van der Waals surface area contributed by atoms with Gasteiger partial charge in [-0.3, -0.25) is 4.79 Å². The molecule has 2 saturated heterocycles. The van der Waals surface area contributed by atoms with Crippen LogP contribution in [0.5, 0.6) is 0 Å². The van der Waals surface area contributed by atoms with E-state index in [9.17, 15) is 4.79 Å². The average Bonchev–Trinajstić information content (AvgIpc) is 2.85. The zero-order valence-corrected chi connectivity index (χ0v) is 14.4. The predicted molar refractivity (Wildman–Crippen MR) is 96.5 cm³/mol. The molecule has 5 heteroatoms. The summed E-state index contributed by atoms with van der Waals surface area (Å²) in [7, 11) is 0. The maximum Gasteiger partial charge on any atom is 0.222 e. The van der Waals surface area contributed by atoms with Crippen molar-refractivity contribution in [3.8, 4) is 0 Å². The lowest BCUT2D eigenvalue weighted by molar-refractivity contribution is -0.128. The summed E-state index contributed by atoms with van der Waals surface area (Å²) < 4.78 is 0. The Bertz CT molecular complexity index is 574. The zero-order chi connectivity index (χ0) is 16.8. The molecule has 0 bridgehead atoms. The summed E-state index contributed by atoms with van der Waals surface area (Å²) in [5, 5.41) is 0. The number of nitrogens with zero attached hydrogens (tertiary/aromatic N) is 3. The molecule has 0 unspecified atom stereocenters. The Balaban J connectivity index is 1.53. The van der Waals surface area contributed by atoms with Crippen molar-refractivity contribution in [2.24, 2.45) is 10.7 Å². The van der Waals surface area contributed by atoms with Crippen molar-refractivity contribution in [3.05, 3.63) is 35.4 Å². The van der Waals surface area contributed by atoms with Crippen LogP contribution in [0.15, 0.2) is 29.3 Å². The van der Waals surface area contributed by atoms with Gasteiger partial charge in [-0.15, -0.1) is 0 Å². The van der Waals surface area contributed by atoms with Crippen molar-refractivity contribution in [1.29, 1.82) is 0 Å². The first-order valence-electron chi connectivity index (χ1n) is 9.13. The Morgan fingerprint density at radius 2 is 1.62 bits per heavy atom. The second-order valence-corrected chi connectivity index (χ2v) is 6.81. The number of hydrogen-bond donors (Lipinski definition) is 1. The Morgan fingerprint density at radius 3 is 2.25 bits per heavy atom. The Morgan fingerprint density at radius 1 is 0.958 bits per heavy atom. The smallest absolute Gasteiger partial charge is 0.222 e. The minimum Gasteiger partial charge on any atom is -0.370 e. The van der Waals surface area contributed by atoms with Crippen LogP contribution in [0, 0.1) is 0 Å². The molecule has 5 nitrogen and oxygen atoms in total. The van der Waals surface area contributed by atoms with E-state index in [1.165, 1.54) is 31.2 Å². The van der Waals surface area contributed by atoms with Gasteiger partial charge >= 0.3 is 0 Å². The summed E-state index contributed by atoms with van der Waals surface area (Å²) >= 11 is 0. The standard InChI is InChI=1S/C19H28N4O/c20-19(22-11-3-1-2-4-12-22)21-14-16-7-9-17(10-8-16)15-23-13-5-6-18(23)24/h7-10H,1-6,11-15H2,(H2,20,21). The van der Waals surface area contributed by atoms with Gasteiger partial charge in [0.2, 0.25) is 5.91 Å². The third-order valence-corrected chi connectivity index (χ3v) is 4.92. The summed E-state index contributed by atoms with van der Waals surface area (Å²) in [6.07, 6.45) is 6.69. The number of nitrogens with two attached hydrogens (primary N) is 1. The van der Waals surface area contributed by atoms with Gasteiger partial charge in [-0.1, -0.05) is 37.1 Å². The molecule has 0 saturated carbocycles. The summed E-state index contributed by atoms with van der Waals surface area (Å²) in [4.78, 5) is 20.4. The van der Waals surface area contributed by atoms with Crippen LogP contribution in [-0.4, -0.2) is 41.3 Å². The average molecular weight is 328 g/mol. The van der Waals surface area contributed by atoms with E-state index in [2.05, 4.69) is 34.2 Å². The van der Waals surface area contributed by atoms with Gasteiger partial charge in [-0.05, 0) is 30.4 Å². The molecule has 1 aromatic rings. The molecular formula is C19H28N4O. The van der Waals surface area contributed by atoms with Crippen LogP contribution in [0.1, 0.15) is 49.7 Å². The van der Waals surface area contributed by atoms with Gasteiger partial charge in [0.15, 0.2) is 5.96 Å². The number of carbonyl (C=O) groups excluding carboxylic acids is 1. The number of rotatable bonds is 4. The lowest BCUT2D eigenvalue weighted by Gasteiger charge is -2.21. The highest BCUT2D eigenvalue weighted by Crippen LogP contribution is 2.15. The molecule has 0 atom stereocenters. The minimum absolute atomic E-state index is 0.272. The predicted octanol–water partition coefficient (Wildman–Crippen LogP) is 2.50. The van der Waals surface area contributed by atoms with Crippen LogP contribution < -0.4 is 5.73 Å². The largest absolute Gasteiger partial charge is 0.370 e. The first kappa shape index (κ1) is 16.8. The van der Waals surface area contributed by atoms with Crippen LogP contribution in [0.25, 0.3) is 0 Å². The van der Waals surface area contributed by atoms with Crippen LogP contribution in [0.4, 0.5) is 0 Å². The molecular weight excluding hydrogens is 300 g/mol. The molecule has 0 radical (unpaired) electrons. The third kappa shape index (κ3) is 4.49. The van der Waals surface area contributed by atoms with Crippen molar-refractivity contribution in [1.82, 2.24) is 9.80 Å². The third-order valence-electron chi connectivity index (χ3n) is 4.92. The Kier molecular flexibility index (Phi) is 5.72. The molecule has 24 heavy (non-hydrogen) atoms. The van der Waals surface area contributed by atoms with Crippen LogP contribution >= 0.6 is 0 Å². The highest BCUT2D eigenvalue weighted by Gasteiger charge is 2.19. The monoisotopic (exact) mass is 328 g/mol. The van der Waals surface area contributed by atoms with Gasteiger partial charge in [0.25, 0.3) is 0 Å². The van der Waals surface area contributed by atoms with Crippen molar-refractivity contribution in [2.75, 3.05) is 19.6 Å². The number of hydrogen-bond acceptors (Lipinski definition) is 2. The van der Waals surface area contributed by atoms with Gasteiger partial charge in [-0.25, -0.2) is 4.99 Å². The van der Waals surface area contributed by atoms with E-state index < -0.39 is 0 Å². The molecule has 2 aliphatic heterocycles. The Hall–Kier alpha value is -2.04. The van der Waals surface area contributed by atoms with E-state index in [-0.39, 0.29) is 5.91 Å². The first-order valence-corrected chi connectivity index (χ1v) is 9.13. The molecule has 1 aromatic carbocycles. The SMILES string of the molecule is NC(=NCc1ccc(CN2CCCC2=O)cc1)N1CCCCCC1. The van der Waals surface area contributed by atoms with E-state index >= 15 is 0 Å². The normalized spacial score (nSPS) is 19.7. The Labute approximate surface area is 144 Å². The maximum absolute atomic E-state index is 11.7. The molecule has 2 aliphatic rings. The van der Waals surface area contributed by atoms with Gasteiger partial charge in [-0.2, -0.15) is 0 Å². The summed E-state index contributed by atoms with van der Waals surface area (Å²) in [6.45, 7) is 4.27. The molecule has 1 amide bonds. The van der Waals surface area contributed by atoms with E-state index in [4.69, 9.17) is 5.73 Å². The van der Waals surface area contributed by atoms with Gasteiger partial charge < -0.3 is 15.5 Å². The topological polar surface area (TPSA) is 61.9 Å². The molecule has 0 spiro atoms. The summed E-state index contributed by atoms with van der Waals surface area (Å²) in [5.41, 5.74) is 8.49. The second-order valence-electron chi connectivity index (χ2n) is 6.81. The van der Waals surface area contributed by atoms with Crippen molar-refractivity contribution >= 4 is 11.9 Å². The molecule has 2 fully saturated rings. The van der Waals surface area contributed by atoms with Crippen molar-refractivity contribution in [3.63, 3.8) is 0 Å². The fourth-order valence-electron chi connectivity index (χ4n) is 3.41. The van der Waals surface area contributed by atoms with E-state index in [1.807, 2.05) is 4.90 Å². The van der Waals surface area contributed by atoms with E-state index in [0.29, 0.717) is 18.9 Å². The van der Waals surface area contributed by atoms with Crippen molar-refractivity contribution in [2.45, 2.75) is 51.6 Å². The number of carbonyl (C=O) groups is 1. The zero-order valence-electron chi connectivity index (χ0n) is 14.4. The van der Waals surface area contributed by atoms with Gasteiger partial charge in [0.1, 0.15) is 0 Å². The van der Waals surface area contributed by atoms with E-state index in [1.54, 1.807) is 0 Å². The number of amides is 1. The highest BCUT2D eigenvalue weighted by atomic mass is 16.2. The molecule has 130 valence electrons. The maximum atomic E-state index is 11.7. The number of aliphatic imine (C=N–C) groups is 1. The quantitative estimate of drug-likeness (QED) is 0.682. The van der Waals surface area contributed by atoms with Gasteiger partial charge in [0.05, 0.1) is 6.54 Å². The molecule has 2 N–H and O–H groups in total. The lowest BCUT2D eigenvalue weighted by atomic mass is 10.1. The first-order chi connectivity index (χ1) is 11.7. The molecule has 3 rings (SSSR count). The molecule has 0 aromatic heterocycles. The van der Waals surface area contributed by atoms with Crippen molar-refractivity contribution < 1.29 is 4.79 Å². The van der Waals surface area contributed by atoms with E-state index in [0.717, 1.165) is 38.2 Å².